The summed E-state index contributed by atoms with van der Waals surface area (Å²) in [6.45, 7) is 3.90. The van der Waals surface area contributed by atoms with E-state index in [-0.39, 0.29) is 63.5 Å². The van der Waals surface area contributed by atoms with Crippen LogP contribution >= 0.6 is 0 Å². The van der Waals surface area contributed by atoms with Gasteiger partial charge < -0.3 is 9.47 Å². The maximum atomic E-state index is 12.3. The van der Waals surface area contributed by atoms with Crippen LogP contribution in [0.5, 0.6) is 11.5 Å². The van der Waals surface area contributed by atoms with E-state index in [1.165, 1.54) is 0 Å². The standard InChI is InChI=1S/C18H18O3.K/c1-3-12(2)20-18(19)14-8-6-10-17-15(14)11-13-7-4-5-9-16(13)21-17;/h4-10,12H,3,11H2,1-2H3;. The molecular weight excluding hydrogens is 303 g/mol. The van der Waals surface area contributed by atoms with E-state index < -0.39 is 0 Å². The van der Waals surface area contributed by atoms with Gasteiger partial charge in [0.25, 0.3) is 0 Å². The van der Waals surface area contributed by atoms with Crippen molar-refractivity contribution in [1.82, 2.24) is 0 Å². The van der Waals surface area contributed by atoms with Gasteiger partial charge in [0.05, 0.1) is 11.7 Å². The maximum Gasteiger partial charge on any atom is 0.338 e. The third-order valence-electron chi connectivity index (χ3n) is 3.80. The zero-order valence-corrected chi connectivity index (χ0v) is 16.4. The molecule has 0 fully saturated rings. The molecule has 0 saturated heterocycles. The molecule has 0 N–H and O–H groups in total. The van der Waals surface area contributed by atoms with E-state index in [2.05, 4.69) is 0 Å². The van der Waals surface area contributed by atoms with Crippen molar-refractivity contribution in [2.75, 3.05) is 0 Å². The Bertz CT molecular complexity index is 682. The number of esters is 1. The SMILES string of the molecule is CCC(C)OC(=O)c1cccc2c1Cc1ccccc1O2.[K]. The normalized spacial score (nSPS) is 13.0. The first-order valence-electron chi connectivity index (χ1n) is 7.27. The minimum atomic E-state index is -0.274. The van der Waals surface area contributed by atoms with Gasteiger partial charge in [-0.25, -0.2) is 4.79 Å². The Morgan fingerprint density at radius 2 is 1.91 bits per heavy atom. The monoisotopic (exact) mass is 321 g/mol. The van der Waals surface area contributed by atoms with Crippen LogP contribution in [0.15, 0.2) is 42.5 Å². The Hall–Kier alpha value is -0.654. The molecule has 2 aromatic rings. The second-order valence-corrected chi connectivity index (χ2v) is 5.29. The molecule has 3 rings (SSSR count). The molecule has 0 bridgehead atoms. The Labute approximate surface area is 173 Å². The van der Waals surface area contributed by atoms with Gasteiger partial charge in [0, 0.05) is 63.4 Å². The largest absolute Gasteiger partial charge is 0.459 e. The van der Waals surface area contributed by atoms with Gasteiger partial charge in [-0.1, -0.05) is 31.2 Å². The van der Waals surface area contributed by atoms with Gasteiger partial charge in [0.1, 0.15) is 11.5 Å². The molecule has 4 heteroatoms. The van der Waals surface area contributed by atoms with Crippen LogP contribution in [0.4, 0.5) is 0 Å². The van der Waals surface area contributed by atoms with Gasteiger partial charge in [0.15, 0.2) is 0 Å². The number of hydrogen-bond acceptors (Lipinski definition) is 3. The van der Waals surface area contributed by atoms with E-state index in [4.69, 9.17) is 9.47 Å². The molecule has 109 valence electrons. The smallest absolute Gasteiger partial charge is 0.338 e. The summed E-state index contributed by atoms with van der Waals surface area (Å²) in [4.78, 5) is 12.3. The summed E-state index contributed by atoms with van der Waals surface area (Å²) >= 11 is 0. The van der Waals surface area contributed by atoms with Gasteiger partial charge >= 0.3 is 5.97 Å². The van der Waals surface area contributed by atoms with Gasteiger partial charge in [-0.05, 0) is 37.1 Å². The van der Waals surface area contributed by atoms with Crippen LogP contribution in [-0.2, 0) is 11.2 Å². The summed E-state index contributed by atoms with van der Waals surface area (Å²) < 4.78 is 11.3. The summed E-state index contributed by atoms with van der Waals surface area (Å²) in [5, 5.41) is 0. The number of carbonyl (C=O) groups is 1. The van der Waals surface area contributed by atoms with E-state index in [1.54, 1.807) is 6.07 Å². The summed E-state index contributed by atoms with van der Waals surface area (Å²) in [5.74, 6) is 1.33. The molecule has 1 radical (unpaired) electrons. The van der Waals surface area contributed by atoms with E-state index in [1.807, 2.05) is 50.2 Å². The predicted molar refractivity (Wildman–Crippen MR) is 86.7 cm³/mol. The zero-order valence-electron chi connectivity index (χ0n) is 13.3. The molecular formula is C18H18KO3. The molecule has 0 aliphatic carbocycles. The molecule has 1 atom stereocenters. The molecule has 22 heavy (non-hydrogen) atoms. The van der Waals surface area contributed by atoms with Gasteiger partial charge in [0.2, 0.25) is 0 Å². The molecule has 1 unspecified atom stereocenters. The first-order chi connectivity index (χ1) is 10.2. The van der Waals surface area contributed by atoms with Crippen LogP contribution in [0.25, 0.3) is 0 Å². The topological polar surface area (TPSA) is 35.5 Å². The Balaban J connectivity index is 0.00000176. The summed E-state index contributed by atoms with van der Waals surface area (Å²) in [6, 6.07) is 13.4. The first-order valence-corrected chi connectivity index (χ1v) is 7.27. The summed E-state index contributed by atoms with van der Waals surface area (Å²) in [6.07, 6.45) is 1.42. The number of rotatable bonds is 3. The number of hydrogen-bond donors (Lipinski definition) is 0. The van der Waals surface area contributed by atoms with Crippen molar-refractivity contribution < 1.29 is 14.3 Å². The van der Waals surface area contributed by atoms with Crippen molar-refractivity contribution >= 4 is 57.4 Å². The average molecular weight is 321 g/mol. The molecule has 0 amide bonds. The second-order valence-electron chi connectivity index (χ2n) is 5.29. The van der Waals surface area contributed by atoms with Crippen LogP contribution in [-0.4, -0.2) is 63.5 Å². The fourth-order valence-corrected chi connectivity index (χ4v) is 2.42. The van der Waals surface area contributed by atoms with Crippen LogP contribution in [0.3, 0.4) is 0 Å². The van der Waals surface area contributed by atoms with Crippen molar-refractivity contribution in [2.24, 2.45) is 0 Å². The molecule has 0 saturated carbocycles. The molecule has 3 nitrogen and oxygen atoms in total. The van der Waals surface area contributed by atoms with Crippen molar-refractivity contribution in [2.45, 2.75) is 32.8 Å². The number of carbonyl (C=O) groups excluding carboxylic acids is 1. The minimum absolute atomic E-state index is 0. The number of benzene rings is 2. The van der Waals surface area contributed by atoms with Crippen LogP contribution in [0, 0.1) is 0 Å². The van der Waals surface area contributed by atoms with Crippen molar-refractivity contribution in [3.63, 3.8) is 0 Å². The fraction of sp³-hybridized carbons (Fsp3) is 0.278. The van der Waals surface area contributed by atoms with E-state index >= 15 is 0 Å². The summed E-state index contributed by atoms with van der Waals surface area (Å²) in [7, 11) is 0. The van der Waals surface area contributed by atoms with Crippen molar-refractivity contribution in [1.29, 1.82) is 0 Å². The molecule has 1 aliphatic heterocycles. The first kappa shape index (κ1) is 17.7. The number of ether oxygens (including phenoxy) is 2. The number of fused-ring (bicyclic) bond motifs is 2. The van der Waals surface area contributed by atoms with E-state index in [0.29, 0.717) is 12.0 Å². The van der Waals surface area contributed by atoms with Gasteiger partial charge in [-0.3, -0.25) is 0 Å². The van der Waals surface area contributed by atoms with Gasteiger partial charge in [-0.2, -0.15) is 0 Å². The van der Waals surface area contributed by atoms with E-state index in [9.17, 15) is 4.79 Å². The number of para-hydroxylation sites is 1. The zero-order chi connectivity index (χ0) is 14.8. The predicted octanol–water partition coefficient (Wildman–Crippen LogP) is 3.96. The quantitative estimate of drug-likeness (QED) is 0.541. The second kappa shape index (κ2) is 7.75. The summed E-state index contributed by atoms with van der Waals surface area (Å²) in [5.41, 5.74) is 2.60. The van der Waals surface area contributed by atoms with Crippen molar-refractivity contribution in [3.8, 4) is 11.5 Å². The molecule has 1 aliphatic rings. The Morgan fingerprint density at radius 1 is 1.18 bits per heavy atom. The van der Waals surface area contributed by atoms with Crippen molar-refractivity contribution in [3.05, 3.63) is 59.2 Å². The third-order valence-corrected chi connectivity index (χ3v) is 3.80. The van der Waals surface area contributed by atoms with Crippen LogP contribution < -0.4 is 4.74 Å². The van der Waals surface area contributed by atoms with Crippen LogP contribution in [0.1, 0.15) is 41.8 Å². The molecule has 0 aromatic heterocycles. The van der Waals surface area contributed by atoms with Gasteiger partial charge in [-0.15, -0.1) is 0 Å². The molecule has 2 aromatic carbocycles. The fourth-order valence-electron chi connectivity index (χ4n) is 2.42. The minimum Gasteiger partial charge on any atom is -0.459 e. The Kier molecular flexibility index (Phi) is 6.23. The maximum absolute atomic E-state index is 12.3. The third kappa shape index (κ3) is 3.63. The average Bonchev–Trinajstić information content (AvgIpc) is 2.52. The molecule has 1 heterocycles. The Morgan fingerprint density at radius 3 is 2.68 bits per heavy atom. The van der Waals surface area contributed by atoms with Crippen LogP contribution in [0.2, 0.25) is 0 Å². The van der Waals surface area contributed by atoms with E-state index in [0.717, 1.165) is 29.0 Å². The molecule has 0 spiro atoms.